The summed E-state index contributed by atoms with van der Waals surface area (Å²) >= 11 is 1.34. The quantitative estimate of drug-likeness (QED) is 0.745. The highest BCUT2D eigenvalue weighted by atomic mass is 32.1. The van der Waals surface area contributed by atoms with Gasteiger partial charge in [-0.1, -0.05) is 6.07 Å². The molecular weight excluding hydrogens is 447 g/mol. The van der Waals surface area contributed by atoms with Crippen LogP contribution in [0.1, 0.15) is 16.1 Å². The van der Waals surface area contributed by atoms with Crippen molar-refractivity contribution < 1.29 is 27.9 Å². The number of alkyl halides is 3. The molecule has 2 aliphatic rings. The van der Waals surface area contributed by atoms with Gasteiger partial charge < -0.3 is 24.7 Å². The summed E-state index contributed by atoms with van der Waals surface area (Å²) in [6.45, 7) is 3.44. The SMILES string of the molecule is O=C(O)N1CCN(c2nc(C(=O)N3CCN(c4cccc(C(F)(F)F)c4)CC3)cs2)CC1. The third kappa shape index (κ3) is 4.74. The molecule has 1 aromatic heterocycles. The fourth-order valence-electron chi connectivity index (χ4n) is 3.81. The zero-order chi connectivity index (χ0) is 22.9. The van der Waals surface area contributed by atoms with Gasteiger partial charge in [0.1, 0.15) is 5.69 Å². The minimum absolute atomic E-state index is 0.208. The maximum atomic E-state index is 13.0. The van der Waals surface area contributed by atoms with Crippen LogP contribution in [0.25, 0.3) is 0 Å². The molecule has 0 bridgehead atoms. The average Bonchev–Trinajstić information content (AvgIpc) is 3.28. The van der Waals surface area contributed by atoms with Gasteiger partial charge in [-0.15, -0.1) is 11.3 Å². The molecule has 0 atom stereocenters. The molecule has 2 aromatic rings. The molecule has 0 aliphatic carbocycles. The summed E-state index contributed by atoms with van der Waals surface area (Å²) in [5.41, 5.74) is 0.134. The van der Waals surface area contributed by atoms with Crippen LogP contribution in [-0.4, -0.2) is 84.2 Å². The fourth-order valence-corrected chi connectivity index (χ4v) is 4.66. The van der Waals surface area contributed by atoms with Gasteiger partial charge in [0.05, 0.1) is 5.56 Å². The van der Waals surface area contributed by atoms with Gasteiger partial charge in [-0.05, 0) is 18.2 Å². The van der Waals surface area contributed by atoms with Gasteiger partial charge >= 0.3 is 12.3 Å². The van der Waals surface area contributed by atoms with Crippen molar-refractivity contribution in [2.75, 3.05) is 62.2 Å². The molecule has 3 heterocycles. The highest BCUT2D eigenvalue weighted by molar-refractivity contribution is 7.13. The minimum atomic E-state index is -4.39. The van der Waals surface area contributed by atoms with E-state index >= 15 is 0 Å². The number of thiazole rings is 1. The summed E-state index contributed by atoms with van der Waals surface area (Å²) in [5, 5.41) is 11.4. The number of halogens is 3. The summed E-state index contributed by atoms with van der Waals surface area (Å²) in [4.78, 5) is 35.1. The van der Waals surface area contributed by atoms with Crippen molar-refractivity contribution in [3.05, 3.63) is 40.9 Å². The lowest BCUT2D eigenvalue weighted by Crippen LogP contribution is -2.49. The van der Waals surface area contributed by atoms with Crippen molar-refractivity contribution in [2.45, 2.75) is 6.18 Å². The lowest BCUT2D eigenvalue weighted by Gasteiger charge is -2.36. The Balaban J connectivity index is 1.34. The third-order valence-electron chi connectivity index (χ3n) is 5.64. The highest BCUT2D eigenvalue weighted by Crippen LogP contribution is 2.32. The van der Waals surface area contributed by atoms with E-state index in [-0.39, 0.29) is 5.91 Å². The van der Waals surface area contributed by atoms with Crippen LogP contribution in [0.15, 0.2) is 29.6 Å². The number of benzene rings is 1. The first-order valence-electron chi connectivity index (χ1n) is 10.1. The fraction of sp³-hybridized carbons (Fsp3) is 0.450. The Bertz CT molecular complexity index is 983. The number of nitrogens with zero attached hydrogens (tertiary/aromatic N) is 5. The van der Waals surface area contributed by atoms with E-state index in [1.165, 1.54) is 22.3 Å². The molecule has 8 nitrogen and oxygen atoms in total. The molecule has 2 aliphatic heterocycles. The van der Waals surface area contributed by atoms with Gasteiger partial charge in [-0.25, -0.2) is 9.78 Å². The zero-order valence-corrected chi connectivity index (χ0v) is 17.9. The molecule has 2 fully saturated rings. The Morgan fingerprint density at radius 1 is 0.938 bits per heavy atom. The van der Waals surface area contributed by atoms with E-state index in [1.54, 1.807) is 16.3 Å². The first kappa shape index (κ1) is 22.2. The van der Waals surface area contributed by atoms with E-state index in [9.17, 15) is 22.8 Å². The lowest BCUT2D eigenvalue weighted by molar-refractivity contribution is -0.137. The lowest BCUT2D eigenvalue weighted by atomic mass is 10.1. The van der Waals surface area contributed by atoms with Crippen molar-refractivity contribution in [1.82, 2.24) is 14.8 Å². The maximum absolute atomic E-state index is 13.0. The molecule has 2 saturated heterocycles. The molecule has 0 saturated carbocycles. The zero-order valence-electron chi connectivity index (χ0n) is 17.1. The smallest absolute Gasteiger partial charge is 0.416 e. The summed E-state index contributed by atoms with van der Waals surface area (Å²) in [5.74, 6) is -0.208. The van der Waals surface area contributed by atoms with E-state index in [0.717, 1.165) is 12.1 Å². The third-order valence-corrected chi connectivity index (χ3v) is 6.54. The molecule has 4 rings (SSSR count). The number of hydrogen-bond acceptors (Lipinski definition) is 6. The topological polar surface area (TPSA) is 80.2 Å². The normalized spacial score (nSPS) is 17.6. The number of anilines is 2. The van der Waals surface area contributed by atoms with E-state index in [4.69, 9.17) is 5.11 Å². The number of hydrogen-bond donors (Lipinski definition) is 1. The second kappa shape index (κ2) is 8.85. The summed E-state index contributed by atoms with van der Waals surface area (Å²) in [7, 11) is 0. The van der Waals surface area contributed by atoms with Crippen LogP contribution in [0.4, 0.5) is 28.8 Å². The first-order valence-corrected chi connectivity index (χ1v) is 11.0. The number of carboxylic acid groups (broad SMARTS) is 1. The number of aromatic nitrogens is 1. The summed E-state index contributed by atoms with van der Waals surface area (Å²) in [6.07, 6.45) is -5.33. The number of amides is 2. The largest absolute Gasteiger partial charge is 0.465 e. The monoisotopic (exact) mass is 469 g/mol. The van der Waals surface area contributed by atoms with Gasteiger partial charge in [-0.2, -0.15) is 13.2 Å². The Morgan fingerprint density at radius 2 is 1.56 bits per heavy atom. The van der Waals surface area contributed by atoms with Gasteiger partial charge in [-0.3, -0.25) is 4.79 Å². The summed E-state index contributed by atoms with van der Waals surface area (Å²) < 4.78 is 38.9. The number of carbonyl (C=O) groups excluding carboxylic acids is 1. The van der Waals surface area contributed by atoms with Gasteiger partial charge in [0.25, 0.3) is 5.91 Å². The number of carbonyl (C=O) groups is 2. The van der Waals surface area contributed by atoms with Crippen LogP contribution in [0.5, 0.6) is 0 Å². The molecule has 1 N–H and O–H groups in total. The van der Waals surface area contributed by atoms with Crippen molar-refractivity contribution in [3.63, 3.8) is 0 Å². The van der Waals surface area contributed by atoms with E-state index in [2.05, 4.69) is 4.98 Å². The summed E-state index contributed by atoms with van der Waals surface area (Å²) in [6, 6.07) is 5.21. The molecule has 32 heavy (non-hydrogen) atoms. The van der Waals surface area contributed by atoms with Gasteiger partial charge in [0.2, 0.25) is 0 Å². The second-order valence-electron chi connectivity index (χ2n) is 7.60. The molecule has 0 spiro atoms. The predicted molar refractivity (Wildman–Crippen MR) is 113 cm³/mol. The molecule has 172 valence electrons. The van der Waals surface area contributed by atoms with E-state index < -0.39 is 17.8 Å². The first-order chi connectivity index (χ1) is 15.2. The minimum Gasteiger partial charge on any atom is -0.465 e. The molecule has 1 aromatic carbocycles. The van der Waals surface area contributed by atoms with Crippen LogP contribution < -0.4 is 9.80 Å². The van der Waals surface area contributed by atoms with Crippen molar-refractivity contribution in [2.24, 2.45) is 0 Å². The van der Waals surface area contributed by atoms with Crippen molar-refractivity contribution in [3.8, 4) is 0 Å². The van der Waals surface area contributed by atoms with Crippen LogP contribution in [-0.2, 0) is 6.18 Å². The van der Waals surface area contributed by atoms with Gasteiger partial charge in [0, 0.05) is 63.4 Å². The maximum Gasteiger partial charge on any atom is 0.416 e. The van der Waals surface area contributed by atoms with Crippen molar-refractivity contribution in [1.29, 1.82) is 0 Å². The Kier molecular flexibility index (Phi) is 6.13. The second-order valence-corrected chi connectivity index (χ2v) is 8.44. The van der Waals surface area contributed by atoms with Crippen LogP contribution in [0, 0.1) is 0 Å². The van der Waals surface area contributed by atoms with E-state index in [1.807, 2.05) is 9.80 Å². The molecule has 0 unspecified atom stereocenters. The number of piperazine rings is 2. The van der Waals surface area contributed by atoms with Crippen molar-refractivity contribution >= 4 is 34.2 Å². The molecular formula is C20H22F3N5O3S. The van der Waals surface area contributed by atoms with E-state index in [0.29, 0.717) is 68.9 Å². The Labute approximate surface area is 186 Å². The Hall–Kier alpha value is -3.02. The van der Waals surface area contributed by atoms with Crippen LogP contribution in [0.3, 0.4) is 0 Å². The predicted octanol–water partition coefficient (Wildman–Crippen LogP) is 2.92. The standard InChI is InChI=1S/C20H22F3N5O3S/c21-20(22,23)14-2-1-3-15(12-14)25-4-6-26(7-5-25)17(29)16-13-32-18(24-16)27-8-10-28(11-9-27)19(30)31/h1-3,12-13H,4-11H2,(H,30,31). The van der Waals surface area contributed by atoms with Crippen LogP contribution >= 0.6 is 11.3 Å². The highest BCUT2D eigenvalue weighted by Gasteiger charge is 2.31. The molecule has 12 heteroatoms. The van der Waals surface area contributed by atoms with Gasteiger partial charge in [0.15, 0.2) is 5.13 Å². The molecule has 0 radical (unpaired) electrons. The van der Waals surface area contributed by atoms with Crippen LogP contribution in [0.2, 0.25) is 0 Å². The number of rotatable bonds is 3. The molecule has 2 amide bonds. The Morgan fingerprint density at radius 3 is 2.19 bits per heavy atom. The average molecular weight is 469 g/mol.